The number of carbonyl (C=O) groups is 1. The van der Waals surface area contributed by atoms with Gasteiger partial charge in [0.25, 0.3) is 0 Å². The second-order valence-electron chi connectivity index (χ2n) is 7.14. The summed E-state index contributed by atoms with van der Waals surface area (Å²) in [6.45, 7) is 5.01. The lowest BCUT2D eigenvalue weighted by atomic mass is 9.98. The Morgan fingerprint density at radius 3 is 2.84 bits per heavy atom. The Morgan fingerprint density at radius 1 is 1.36 bits per heavy atom. The molecule has 3 rings (SSSR count). The first-order valence-electron chi connectivity index (χ1n) is 9.13. The van der Waals surface area contributed by atoms with Crippen LogP contribution in [0, 0.1) is 0 Å². The molecule has 0 radical (unpaired) electrons. The van der Waals surface area contributed by atoms with E-state index in [9.17, 15) is 9.90 Å². The maximum atomic E-state index is 12.8. The summed E-state index contributed by atoms with van der Waals surface area (Å²) in [4.78, 5) is 16.6. The number of furan rings is 1. The van der Waals surface area contributed by atoms with Crippen LogP contribution in [0.4, 0.5) is 0 Å². The van der Waals surface area contributed by atoms with Crippen molar-refractivity contribution in [3.05, 3.63) is 36.1 Å². The van der Waals surface area contributed by atoms with Gasteiger partial charge < -0.3 is 14.4 Å². The van der Waals surface area contributed by atoms with Crippen LogP contribution in [-0.2, 0) is 4.79 Å². The zero-order valence-corrected chi connectivity index (χ0v) is 15.3. The Morgan fingerprint density at radius 2 is 2.12 bits per heavy atom. The highest BCUT2D eigenvalue weighted by Gasteiger charge is 2.30. The Kier molecular flexibility index (Phi) is 5.45. The van der Waals surface area contributed by atoms with E-state index in [4.69, 9.17) is 4.42 Å². The molecule has 3 atom stereocenters. The third-order valence-corrected chi connectivity index (χ3v) is 5.39. The fourth-order valence-corrected chi connectivity index (χ4v) is 3.66. The van der Waals surface area contributed by atoms with Gasteiger partial charge in [-0.2, -0.15) is 0 Å². The molecule has 1 saturated heterocycles. The summed E-state index contributed by atoms with van der Waals surface area (Å²) in [5.41, 5.74) is 0.843. The number of rotatable bonds is 5. The van der Waals surface area contributed by atoms with Gasteiger partial charge in [0.05, 0.1) is 18.7 Å². The van der Waals surface area contributed by atoms with Crippen molar-refractivity contribution in [1.29, 1.82) is 0 Å². The van der Waals surface area contributed by atoms with Gasteiger partial charge in [0.2, 0.25) is 5.91 Å². The molecule has 5 heteroatoms. The lowest BCUT2D eigenvalue weighted by Crippen LogP contribution is -2.50. The summed E-state index contributed by atoms with van der Waals surface area (Å²) in [6, 6.07) is 9.83. The van der Waals surface area contributed by atoms with E-state index in [1.807, 2.05) is 51.2 Å². The summed E-state index contributed by atoms with van der Waals surface area (Å²) in [7, 11) is 1.82. The molecular formula is C20H28N2O3. The van der Waals surface area contributed by atoms with Crippen LogP contribution in [0.3, 0.4) is 0 Å². The third kappa shape index (κ3) is 3.88. The second-order valence-corrected chi connectivity index (χ2v) is 7.14. The molecule has 1 fully saturated rings. The van der Waals surface area contributed by atoms with Crippen LogP contribution in [-0.4, -0.2) is 53.1 Å². The highest BCUT2D eigenvalue weighted by Crippen LogP contribution is 2.27. The summed E-state index contributed by atoms with van der Waals surface area (Å²) in [5.74, 6) is 0.850. The molecule has 1 aromatic carbocycles. The maximum Gasteiger partial charge on any atom is 0.237 e. The number of aliphatic hydroxyl groups excluding tert-OH is 1. The molecule has 0 bridgehead atoms. The Hall–Kier alpha value is -1.85. The topological polar surface area (TPSA) is 56.9 Å². The lowest BCUT2D eigenvalue weighted by molar-refractivity contribution is -0.135. The standard InChI is InChI=1S/C20H28N2O3/c1-14(19-12-16-8-4-5-10-18(16)25-19)21(3)20(24)13-22-11-7-6-9-17(22)15(2)23/h4-5,8,10,12,14-15,17,23H,6-7,9,11,13H2,1-3H3. The highest BCUT2D eigenvalue weighted by atomic mass is 16.3. The van der Waals surface area contributed by atoms with Gasteiger partial charge in [-0.25, -0.2) is 0 Å². The van der Waals surface area contributed by atoms with Gasteiger partial charge in [0.15, 0.2) is 0 Å². The number of hydrogen-bond acceptors (Lipinski definition) is 4. The van der Waals surface area contributed by atoms with E-state index in [1.165, 1.54) is 0 Å². The molecule has 1 aliphatic heterocycles. The molecule has 1 aliphatic rings. The first-order chi connectivity index (χ1) is 12.0. The monoisotopic (exact) mass is 344 g/mol. The van der Waals surface area contributed by atoms with E-state index in [0.717, 1.165) is 42.5 Å². The zero-order chi connectivity index (χ0) is 18.0. The number of benzene rings is 1. The van der Waals surface area contributed by atoms with Gasteiger partial charge in [-0.15, -0.1) is 0 Å². The summed E-state index contributed by atoms with van der Waals surface area (Å²) in [5, 5.41) is 11.0. The summed E-state index contributed by atoms with van der Waals surface area (Å²) >= 11 is 0. The quantitative estimate of drug-likeness (QED) is 0.905. The van der Waals surface area contributed by atoms with Crippen molar-refractivity contribution in [2.45, 2.75) is 51.3 Å². The molecular weight excluding hydrogens is 316 g/mol. The average molecular weight is 344 g/mol. The molecule has 3 unspecified atom stereocenters. The van der Waals surface area contributed by atoms with E-state index in [2.05, 4.69) is 4.90 Å². The van der Waals surface area contributed by atoms with Crippen LogP contribution in [0.2, 0.25) is 0 Å². The van der Waals surface area contributed by atoms with Crippen LogP contribution < -0.4 is 0 Å². The molecule has 2 aromatic rings. The molecule has 0 aliphatic carbocycles. The van der Waals surface area contributed by atoms with Gasteiger partial charge in [-0.3, -0.25) is 9.69 Å². The van der Waals surface area contributed by atoms with E-state index >= 15 is 0 Å². The number of likely N-dealkylation sites (tertiary alicyclic amines) is 1. The smallest absolute Gasteiger partial charge is 0.237 e. The zero-order valence-electron chi connectivity index (χ0n) is 15.3. The average Bonchev–Trinajstić information content (AvgIpc) is 3.04. The number of nitrogens with zero attached hydrogens (tertiary/aromatic N) is 2. The number of fused-ring (bicyclic) bond motifs is 1. The summed E-state index contributed by atoms with van der Waals surface area (Å²) < 4.78 is 5.90. The molecule has 1 aromatic heterocycles. The van der Waals surface area contributed by atoms with Crippen molar-refractivity contribution in [1.82, 2.24) is 9.80 Å². The van der Waals surface area contributed by atoms with E-state index in [-0.39, 0.29) is 18.0 Å². The van der Waals surface area contributed by atoms with Crippen molar-refractivity contribution in [2.75, 3.05) is 20.1 Å². The normalized spacial score (nSPS) is 21.2. The van der Waals surface area contributed by atoms with Gasteiger partial charge in [-0.05, 0) is 45.4 Å². The first kappa shape index (κ1) is 18.0. The number of para-hydroxylation sites is 1. The van der Waals surface area contributed by atoms with Crippen LogP contribution in [0.1, 0.15) is 44.9 Å². The Labute approximate surface area is 149 Å². The van der Waals surface area contributed by atoms with Crippen LogP contribution >= 0.6 is 0 Å². The minimum absolute atomic E-state index is 0.0560. The van der Waals surface area contributed by atoms with E-state index in [0.29, 0.717) is 6.54 Å². The Balaban J connectivity index is 1.68. The number of amides is 1. The molecule has 1 amide bonds. The predicted molar refractivity (Wildman–Crippen MR) is 98.3 cm³/mol. The minimum atomic E-state index is -0.411. The fourth-order valence-electron chi connectivity index (χ4n) is 3.66. The van der Waals surface area contributed by atoms with Crippen molar-refractivity contribution in [3.8, 4) is 0 Å². The van der Waals surface area contributed by atoms with Crippen LogP contribution in [0.5, 0.6) is 0 Å². The van der Waals surface area contributed by atoms with Gasteiger partial charge >= 0.3 is 0 Å². The van der Waals surface area contributed by atoms with Crippen LogP contribution in [0.25, 0.3) is 11.0 Å². The molecule has 136 valence electrons. The predicted octanol–water partition coefficient (Wildman–Crippen LogP) is 3.19. The molecule has 25 heavy (non-hydrogen) atoms. The first-order valence-corrected chi connectivity index (χ1v) is 9.13. The number of piperidine rings is 1. The number of aliphatic hydroxyl groups is 1. The number of likely N-dealkylation sites (N-methyl/N-ethyl adjacent to an activating group) is 1. The van der Waals surface area contributed by atoms with Crippen molar-refractivity contribution < 1.29 is 14.3 Å². The van der Waals surface area contributed by atoms with Crippen LogP contribution in [0.15, 0.2) is 34.7 Å². The SMILES string of the molecule is CC(O)C1CCCCN1CC(=O)N(C)C(C)c1cc2ccccc2o1. The molecule has 2 heterocycles. The number of carbonyl (C=O) groups excluding carboxylic acids is 1. The number of hydrogen-bond donors (Lipinski definition) is 1. The minimum Gasteiger partial charge on any atom is -0.459 e. The molecule has 0 saturated carbocycles. The van der Waals surface area contributed by atoms with Gasteiger partial charge in [0.1, 0.15) is 11.3 Å². The second kappa shape index (κ2) is 7.58. The highest BCUT2D eigenvalue weighted by molar-refractivity contribution is 5.80. The van der Waals surface area contributed by atoms with Gasteiger partial charge in [0, 0.05) is 18.5 Å². The molecule has 5 nitrogen and oxygen atoms in total. The molecule has 0 spiro atoms. The van der Waals surface area contributed by atoms with Crippen molar-refractivity contribution in [3.63, 3.8) is 0 Å². The van der Waals surface area contributed by atoms with E-state index in [1.54, 1.807) is 4.90 Å². The third-order valence-electron chi connectivity index (χ3n) is 5.39. The van der Waals surface area contributed by atoms with Crippen molar-refractivity contribution in [2.24, 2.45) is 0 Å². The maximum absolute atomic E-state index is 12.8. The fraction of sp³-hybridized carbons (Fsp3) is 0.550. The van der Waals surface area contributed by atoms with Gasteiger partial charge in [-0.1, -0.05) is 24.6 Å². The summed E-state index contributed by atoms with van der Waals surface area (Å²) in [6.07, 6.45) is 2.74. The lowest BCUT2D eigenvalue weighted by Gasteiger charge is -2.38. The van der Waals surface area contributed by atoms with E-state index < -0.39 is 6.10 Å². The largest absolute Gasteiger partial charge is 0.459 e. The van der Waals surface area contributed by atoms with Crippen molar-refractivity contribution >= 4 is 16.9 Å². The molecule has 1 N–H and O–H groups in total. The Bertz CT molecular complexity index is 692.